The molecule has 0 saturated carbocycles. The van der Waals surface area contributed by atoms with Crippen molar-refractivity contribution in [3.05, 3.63) is 58.6 Å². The lowest BCUT2D eigenvalue weighted by atomic mass is 10.2. The number of nitrogens with one attached hydrogen (secondary N) is 2. The molecule has 0 spiro atoms. The quantitative estimate of drug-likeness (QED) is 0.512. The van der Waals surface area contributed by atoms with Crippen molar-refractivity contribution in [1.82, 2.24) is 5.43 Å². The van der Waals surface area contributed by atoms with E-state index >= 15 is 0 Å². The summed E-state index contributed by atoms with van der Waals surface area (Å²) in [6, 6.07) is 9.52. The van der Waals surface area contributed by atoms with Gasteiger partial charge >= 0.3 is 6.18 Å². The fourth-order valence-corrected chi connectivity index (χ4v) is 2.33. The second-order valence-electron chi connectivity index (χ2n) is 5.81. The number of carbonyl (C=O) groups excluding carboxylic acids is 2. The van der Waals surface area contributed by atoms with Crippen LogP contribution in [0.2, 0.25) is 5.02 Å². The van der Waals surface area contributed by atoms with E-state index in [4.69, 9.17) is 16.3 Å². The normalized spacial score (nSPS) is 11.3. The number of hydrogen-bond donors (Lipinski definition) is 2. The number of alkyl halides is 3. The molecule has 0 heterocycles. The smallest absolute Gasteiger partial charge is 0.416 e. The summed E-state index contributed by atoms with van der Waals surface area (Å²) in [6.07, 6.45) is -3.61. The maximum atomic E-state index is 12.7. The van der Waals surface area contributed by atoms with Crippen LogP contribution in [0.4, 0.5) is 18.9 Å². The molecule has 2 aromatic carbocycles. The molecule has 154 valence electrons. The summed E-state index contributed by atoms with van der Waals surface area (Å²) in [5.74, 6) is -0.501. The predicted molar refractivity (Wildman–Crippen MR) is 103 cm³/mol. The van der Waals surface area contributed by atoms with Crippen molar-refractivity contribution in [2.24, 2.45) is 5.10 Å². The standard InChI is InChI=1S/C19H17ClF3N3O3/c1-29-14-5-2-12(3-6-14)11-24-26-18(28)9-8-17(27)25-16-10-13(19(21,22)23)4-7-15(16)20/h2-7,10-11H,8-9H2,1H3,(H,25,27)(H,26,28)/b24-11+. The Balaban J connectivity index is 1.82. The first kappa shape index (κ1) is 22.2. The summed E-state index contributed by atoms with van der Waals surface area (Å²) < 4.78 is 43.2. The summed E-state index contributed by atoms with van der Waals surface area (Å²) in [5, 5.41) is 6.00. The van der Waals surface area contributed by atoms with Gasteiger partial charge in [0.05, 0.1) is 29.6 Å². The van der Waals surface area contributed by atoms with Crippen LogP contribution in [0.3, 0.4) is 0 Å². The highest BCUT2D eigenvalue weighted by atomic mass is 35.5. The molecule has 0 bridgehead atoms. The largest absolute Gasteiger partial charge is 0.497 e. The van der Waals surface area contributed by atoms with Crippen molar-refractivity contribution in [3.8, 4) is 5.75 Å². The number of rotatable bonds is 7. The zero-order chi connectivity index (χ0) is 21.4. The van der Waals surface area contributed by atoms with Crippen molar-refractivity contribution >= 4 is 35.3 Å². The molecule has 0 saturated heterocycles. The molecule has 0 aliphatic rings. The number of hydrogen-bond acceptors (Lipinski definition) is 4. The Kier molecular flexibility index (Phi) is 7.60. The van der Waals surface area contributed by atoms with Crippen LogP contribution < -0.4 is 15.5 Å². The number of methoxy groups -OCH3 is 1. The maximum absolute atomic E-state index is 12.7. The summed E-state index contributed by atoms with van der Waals surface area (Å²) in [4.78, 5) is 23.6. The molecule has 0 aromatic heterocycles. The average Bonchev–Trinajstić information content (AvgIpc) is 2.68. The Labute approximate surface area is 169 Å². The Bertz CT molecular complexity index is 900. The van der Waals surface area contributed by atoms with E-state index in [-0.39, 0.29) is 23.6 Å². The molecule has 29 heavy (non-hydrogen) atoms. The Hall–Kier alpha value is -3.07. The number of nitrogens with zero attached hydrogens (tertiary/aromatic N) is 1. The Morgan fingerprint density at radius 1 is 1.10 bits per heavy atom. The fourth-order valence-electron chi connectivity index (χ4n) is 2.16. The van der Waals surface area contributed by atoms with Crippen LogP contribution >= 0.6 is 11.6 Å². The van der Waals surface area contributed by atoms with E-state index in [0.29, 0.717) is 5.75 Å². The van der Waals surface area contributed by atoms with Crippen LogP contribution in [0.1, 0.15) is 24.0 Å². The molecule has 0 unspecified atom stereocenters. The van der Waals surface area contributed by atoms with Crippen LogP contribution in [0.5, 0.6) is 5.75 Å². The summed E-state index contributed by atoms with van der Waals surface area (Å²) in [6.45, 7) is 0. The monoisotopic (exact) mass is 427 g/mol. The van der Waals surface area contributed by atoms with Crippen molar-refractivity contribution in [1.29, 1.82) is 0 Å². The highest BCUT2D eigenvalue weighted by molar-refractivity contribution is 6.33. The molecule has 2 rings (SSSR count). The van der Waals surface area contributed by atoms with Gasteiger partial charge < -0.3 is 10.1 Å². The fraction of sp³-hybridized carbons (Fsp3) is 0.211. The van der Waals surface area contributed by atoms with Gasteiger partial charge in [-0.1, -0.05) is 11.6 Å². The molecule has 0 fully saturated rings. The third-order valence-corrected chi connectivity index (χ3v) is 4.00. The number of amides is 2. The van der Waals surface area contributed by atoms with Gasteiger partial charge in [0.1, 0.15) is 5.75 Å². The number of hydrazone groups is 1. The van der Waals surface area contributed by atoms with E-state index in [1.54, 1.807) is 31.4 Å². The van der Waals surface area contributed by atoms with Crippen molar-refractivity contribution in [2.45, 2.75) is 19.0 Å². The SMILES string of the molecule is COc1ccc(/C=N/NC(=O)CCC(=O)Nc2cc(C(F)(F)F)ccc2Cl)cc1. The molecular weight excluding hydrogens is 411 g/mol. The second-order valence-corrected chi connectivity index (χ2v) is 6.21. The van der Waals surface area contributed by atoms with Gasteiger partial charge in [-0.25, -0.2) is 5.43 Å². The highest BCUT2D eigenvalue weighted by Gasteiger charge is 2.31. The number of benzene rings is 2. The van der Waals surface area contributed by atoms with Crippen molar-refractivity contribution < 1.29 is 27.5 Å². The Morgan fingerprint density at radius 2 is 1.76 bits per heavy atom. The number of anilines is 1. The first-order valence-electron chi connectivity index (χ1n) is 8.31. The molecular formula is C19H17ClF3N3O3. The molecule has 2 N–H and O–H groups in total. The van der Waals surface area contributed by atoms with E-state index in [9.17, 15) is 22.8 Å². The molecule has 0 aliphatic heterocycles. The van der Waals surface area contributed by atoms with Gasteiger partial charge in [0.15, 0.2) is 0 Å². The highest BCUT2D eigenvalue weighted by Crippen LogP contribution is 2.33. The van der Waals surface area contributed by atoms with Crippen LogP contribution in [-0.2, 0) is 15.8 Å². The van der Waals surface area contributed by atoms with E-state index in [0.717, 1.165) is 23.8 Å². The van der Waals surface area contributed by atoms with Crippen molar-refractivity contribution in [2.75, 3.05) is 12.4 Å². The minimum absolute atomic E-state index is 0.0418. The lowest BCUT2D eigenvalue weighted by Crippen LogP contribution is -2.21. The predicted octanol–water partition coefficient (Wildman–Crippen LogP) is 4.24. The average molecular weight is 428 g/mol. The summed E-state index contributed by atoms with van der Waals surface area (Å²) >= 11 is 5.81. The number of ether oxygens (including phenoxy) is 1. The number of halogens is 4. The molecule has 2 aromatic rings. The molecule has 0 aliphatic carbocycles. The lowest BCUT2D eigenvalue weighted by molar-refractivity contribution is -0.137. The minimum Gasteiger partial charge on any atom is -0.497 e. The minimum atomic E-state index is -4.56. The van der Waals surface area contributed by atoms with Gasteiger partial charge in [-0.3, -0.25) is 9.59 Å². The topological polar surface area (TPSA) is 79.8 Å². The van der Waals surface area contributed by atoms with E-state index < -0.39 is 23.6 Å². The first-order valence-corrected chi connectivity index (χ1v) is 8.69. The maximum Gasteiger partial charge on any atom is 0.416 e. The number of carbonyl (C=O) groups is 2. The zero-order valence-corrected chi connectivity index (χ0v) is 16.0. The van der Waals surface area contributed by atoms with Gasteiger partial charge in [-0.15, -0.1) is 0 Å². The molecule has 2 amide bonds. The molecule has 6 nitrogen and oxygen atoms in total. The third kappa shape index (κ3) is 7.11. The molecule has 10 heteroatoms. The molecule has 0 radical (unpaired) electrons. The van der Waals surface area contributed by atoms with Crippen LogP contribution in [-0.4, -0.2) is 25.1 Å². The summed E-state index contributed by atoms with van der Waals surface area (Å²) in [5.41, 5.74) is 1.87. The van der Waals surface area contributed by atoms with Gasteiger partial charge in [0.2, 0.25) is 11.8 Å². The Morgan fingerprint density at radius 3 is 2.38 bits per heavy atom. The van der Waals surface area contributed by atoms with Crippen molar-refractivity contribution in [3.63, 3.8) is 0 Å². The molecule has 0 atom stereocenters. The second kappa shape index (κ2) is 9.92. The van der Waals surface area contributed by atoms with E-state index in [1.165, 1.54) is 6.21 Å². The van der Waals surface area contributed by atoms with E-state index in [2.05, 4.69) is 15.8 Å². The van der Waals surface area contributed by atoms with Gasteiger partial charge in [0, 0.05) is 12.8 Å². The first-order chi connectivity index (χ1) is 13.7. The summed E-state index contributed by atoms with van der Waals surface area (Å²) in [7, 11) is 1.54. The van der Waals surface area contributed by atoms with Crippen LogP contribution in [0.25, 0.3) is 0 Å². The van der Waals surface area contributed by atoms with Gasteiger partial charge in [-0.05, 0) is 48.0 Å². The van der Waals surface area contributed by atoms with Gasteiger partial charge in [0.25, 0.3) is 0 Å². The van der Waals surface area contributed by atoms with Crippen LogP contribution in [0, 0.1) is 0 Å². The third-order valence-electron chi connectivity index (χ3n) is 3.67. The van der Waals surface area contributed by atoms with E-state index in [1.807, 2.05) is 0 Å². The zero-order valence-electron chi connectivity index (χ0n) is 15.2. The lowest BCUT2D eigenvalue weighted by Gasteiger charge is -2.11. The van der Waals surface area contributed by atoms with Crippen LogP contribution in [0.15, 0.2) is 47.6 Å². The van der Waals surface area contributed by atoms with Gasteiger partial charge in [-0.2, -0.15) is 18.3 Å².